The van der Waals surface area contributed by atoms with Gasteiger partial charge in [0.1, 0.15) is 0 Å². The number of hydrogen-bond donors (Lipinski definition) is 2. The van der Waals surface area contributed by atoms with Crippen molar-refractivity contribution in [3.63, 3.8) is 0 Å². The molecule has 0 saturated carbocycles. The van der Waals surface area contributed by atoms with Crippen LogP contribution in [-0.4, -0.2) is 48.9 Å². The Balaban J connectivity index is 0.00000289. The zero-order chi connectivity index (χ0) is 12.8. The Morgan fingerprint density at radius 2 is 2.06 bits per heavy atom. The normalized spacial score (nSPS) is 19.0. The van der Waals surface area contributed by atoms with Gasteiger partial charge in [0.25, 0.3) is 0 Å². The fraction of sp³-hybridized carbons (Fsp3) is 0.833. The van der Waals surface area contributed by atoms with Crippen LogP contribution in [0.4, 0.5) is 0 Å². The first-order chi connectivity index (χ1) is 8.00. The van der Waals surface area contributed by atoms with Crippen LogP contribution in [0, 0.1) is 0 Å². The van der Waals surface area contributed by atoms with Crippen LogP contribution in [-0.2, 0) is 9.59 Å². The summed E-state index contributed by atoms with van der Waals surface area (Å²) in [5, 5.41) is 5.97. The van der Waals surface area contributed by atoms with Gasteiger partial charge in [-0.15, -0.1) is 12.4 Å². The van der Waals surface area contributed by atoms with Crippen LogP contribution in [0.15, 0.2) is 0 Å². The SMILES string of the molecule is CC(C)NC(=O)CN(C)C(=O)C1CCCCN1.Cl. The van der Waals surface area contributed by atoms with Crippen LogP contribution in [0.1, 0.15) is 33.1 Å². The first-order valence-electron chi connectivity index (χ1n) is 6.28. The van der Waals surface area contributed by atoms with E-state index in [4.69, 9.17) is 0 Å². The molecule has 0 radical (unpaired) electrons. The quantitative estimate of drug-likeness (QED) is 0.788. The molecule has 2 amide bonds. The number of halogens is 1. The third kappa shape index (κ3) is 5.69. The van der Waals surface area contributed by atoms with E-state index >= 15 is 0 Å². The highest BCUT2D eigenvalue weighted by atomic mass is 35.5. The number of rotatable bonds is 4. The number of nitrogens with zero attached hydrogens (tertiary/aromatic N) is 1. The fourth-order valence-corrected chi connectivity index (χ4v) is 1.99. The molecule has 1 heterocycles. The van der Waals surface area contributed by atoms with E-state index in [1.807, 2.05) is 13.8 Å². The largest absolute Gasteiger partial charge is 0.352 e. The Morgan fingerprint density at radius 1 is 1.39 bits per heavy atom. The summed E-state index contributed by atoms with van der Waals surface area (Å²) in [5.41, 5.74) is 0. The second kappa shape index (κ2) is 8.32. The van der Waals surface area contributed by atoms with E-state index < -0.39 is 0 Å². The van der Waals surface area contributed by atoms with Crippen LogP contribution in [0.25, 0.3) is 0 Å². The molecule has 18 heavy (non-hydrogen) atoms. The van der Waals surface area contributed by atoms with Crippen molar-refractivity contribution < 1.29 is 9.59 Å². The zero-order valence-electron chi connectivity index (χ0n) is 11.4. The molecule has 2 N–H and O–H groups in total. The summed E-state index contributed by atoms with van der Waals surface area (Å²) in [6.07, 6.45) is 3.08. The Hall–Kier alpha value is -0.810. The van der Waals surface area contributed by atoms with Gasteiger partial charge in [-0.05, 0) is 33.2 Å². The first-order valence-corrected chi connectivity index (χ1v) is 6.28. The average Bonchev–Trinajstić information content (AvgIpc) is 2.28. The number of likely N-dealkylation sites (N-methyl/N-ethyl adjacent to an activating group) is 1. The molecule has 0 aromatic rings. The topological polar surface area (TPSA) is 61.4 Å². The molecule has 1 saturated heterocycles. The number of hydrogen-bond acceptors (Lipinski definition) is 3. The van der Waals surface area contributed by atoms with Crippen LogP contribution in [0.3, 0.4) is 0 Å². The highest BCUT2D eigenvalue weighted by Crippen LogP contribution is 2.08. The first kappa shape index (κ1) is 17.2. The van der Waals surface area contributed by atoms with Gasteiger partial charge < -0.3 is 15.5 Å². The summed E-state index contributed by atoms with van der Waals surface area (Å²) in [4.78, 5) is 25.0. The predicted molar refractivity (Wildman–Crippen MR) is 73.8 cm³/mol. The molecular weight excluding hydrogens is 254 g/mol. The molecule has 0 aromatic heterocycles. The van der Waals surface area contributed by atoms with E-state index in [2.05, 4.69) is 10.6 Å². The van der Waals surface area contributed by atoms with Crippen molar-refractivity contribution in [1.29, 1.82) is 0 Å². The van der Waals surface area contributed by atoms with Crippen molar-refractivity contribution in [3.05, 3.63) is 0 Å². The molecule has 106 valence electrons. The Labute approximate surface area is 115 Å². The molecule has 1 aliphatic rings. The summed E-state index contributed by atoms with van der Waals surface area (Å²) in [7, 11) is 1.68. The third-order valence-electron chi connectivity index (χ3n) is 2.82. The summed E-state index contributed by atoms with van der Waals surface area (Å²) in [5.74, 6) is -0.0877. The Bertz CT molecular complexity index is 278. The van der Waals surface area contributed by atoms with Crippen LogP contribution >= 0.6 is 12.4 Å². The van der Waals surface area contributed by atoms with Crippen LogP contribution < -0.4 is 10.6 Å². The molecule has 1 fully saturated rings. The summed E-state index contributed by atoms with van der Waals surface area (Å²) < 4.78 is 0. The lowest BCUT2D eigenvalue weighted by Gasteiger charge is -2.27. The van der Waals surface area contributed by atoms with Gasteiger partial charge in [-0.1, -0.05) is 6.42 Å². The van der Waals surface area contributed by atoms with Gasteiger partial charge in [-0.3, -0.25) is 9.59 Å². The van der Waals surface area contributed by atoms with Gasteiger partial charge in [0.15, 0.2) is 0 Å². The molecule has 1 rings (SSSR count). The van der Waals surface area contributed by atoms with Gasteiger partial charge in [-0.25, -0.2) is 0 Å². The minimum Gasteiger partial charge on any atom is -0.352 e. The molecule has 1 aliphatic heterocycles. The molecule has 0 aromatic carbocycles. The lowest BCUT2D eigenvalue weighted by Crippen LogP contribution is -2.50. The number of carbonyl (C=O) groups is 2. The minimum absolute atomic E-state index is 0. The maximum Gasteiger partial charge on any atom is 0.239 e. The summed E-state index contributed by atoms with van der Waals surface area (Å²) in [6, 6.07) is -0.000549. The number of carbonyl (C=O) groups excluding carboxylic acids is 2. The number of piperidine rings is 1. The lowest BCUT2D eigenvalue weighted by molar-refractivity contribution is -0.137. The van der Waals surface area contributed by atoms with Gasteiger partial charge in [0.05, 0.1) is 12.6 Å². The number of nitrogens with one attached hydrogen (secondary N) is 2. The Morgan fingerprint density at radius 3 is 2.56 bits per heavy atom. The van der Waals surface area contributed by atoms with Gasteiger partial charge in [-0.2, -0.15) is 0 Å². The average molecular weight is 278 g/mol. The van der Waals surface area contributed by atoms with Gasteiger partial charge in [0, 0.05) is 13.1 Å². The monoisotopic (exact) mass is 277 g/mol. The third-order valence-corrected chi connectivity index (χ3v) is 2.82. The maximum absolute atomic E-state index is 12.0. The zero-order valence-corrected chi connectivity index (χ0v) is 12.2. The van der Waals surface area contributed by atoms with E-state index in [0.29, 0.717) is 0 Å². The number of amides is 2. The molecule has 1 atom stereocenters. The minimum atomic E-state index is -0.111. The van der Waals surface area contributed by atoms with Crippen molar-refractivity contribution in [2.75, 3.05) is 20.1 Å². The van der Waals surface area contributed by atoms with Crippen molar-refractivity contribution in [2.24, 2.45) is 0 Å². The van der Waals surface area contributed by atoms with Crippen LogP contribution in [0.5, 0.6) is 0 Å². The fourth-order valence-electron chi connectivity index (χ4n) is 1.99. The summed E-state index contributed by atoms with van der Waals surface area (Å²) >= 11 is 0. The van der Waals surface area contributed by atoms with E-state index in [0.717, 1.165) is 25.8 Å². The molecule has 6 heteroatoms. The van der Waals surface area contributed by atoms with E-state index in [-0.39, 0.29) is 42.8 Å². The van der Waals surface area contributed by atoms with Gasteiger partial charge in [0.2, 0.25) is 11.8 Å². The maximum atomic E-state index is 12.0. The van der Waals surface area contributed by atoms with E-state index in [1.54, 1.807) is 7.05 Å². The molecule has 0 aliphatic carbocycles. The molecule has 0 bridgehead atoms. The van der Waals surface area contributed by atoms with E-state index in [9.17, 15) is 9.59 Å². The van der Waals surface area contributed by atoms with Crippen molar-refractivity contribution >= 4 is 24.2 Å². The van der Waals surface area contributed by atoms with Crippen molar-refractivity contribution in [1.82, 2.24) is 15.5 Å². The standard InChI is InChI=1S/C12H23N3O2.ClH/c1-9(2)14-11(16)8-15(3)12(17)10-6-4-5-7-13-10;/h9-10,13H,4-8H2,1-3H3,(H,14,16);1H. The smallest absolute Gasteiger partial charge is 0.239 e. The lowest BCUT2D eigenvalue weighted by atomic mass is 10.0. The van der Waals surface area contributed by atoms with Crippen molar-refractivity contribution in [2.45, 2.75) is 45.2 Å². The second-order valence-electron chi connectivity index (χ2n) is 4.92. The second-order valence-corrected chi connectivity index (χ2v) is 4.92. The molecule has 1 unspecified atom stereocenters. The van der Waals surface area contributed by atoms with E-state index in [1.165, 1.54) is 4.90 Å². The molecular formula is C12H24ClN3O2. The predicted octanol–water partition coefficient (Wildman–Crippen LogP) is 0.533. The molecule has 0 spiro atoms. The highest BCUT2D eigenvalue weighted by Gasteiger charge is 2.24. The Kier molecular flexibility index (Phi) is 7.95. The summed E-state index contributed by atoms with van der Waals surface area (Å²) in [6.45, 7) is 4.84. The van der Waals surface area contributed by atoms with Gasteiger partial charge >= 0.3 is 0 Å². The highest BCUT2D eigenvalue weighted by molar-refractivity contribution is 5.87. The van der Waals surface area contributed by atoms with Crippen molar-refractivity contribution in [3.8, 4) is 0 Å². The molecule has 5 nitrogen and oxygen atoms in total. The van der Waals surface area contributed by atoms with Crippen LogP contribution in [0.2, 0.25) is 0 Å².